The number of rotatable bonds is 4. The van der Waals surface area contributed by atoms with Gasteiger partial charge in [-0.05, 0) is 36.8 Å². The van der Waals surface area contributed by atoms with Crippen molar-refractivity contribution >= 4 is 17.7 Å². The van der Waals surface area contributed by atoms with E-state index in [0.29, 0.717) is 0 Å². The van der Waals surface area contributed by atoms with Gasteiger partial charge in [0.2, 0.25) is 0 Å². The van der Waals surface area contributed by atoms with Crippen molar-refractivity contribution in [2.24, 2.45) is 0 Å². The topological polar surface area (TPSA) is 38.8 Å². The van der Waals surface area contributed by atoms with Crippen molar-refractivity contribution < 1.29 is 14.3 Å². The maximum absolute atomic E-state index is 12.9. The molecule has 1 saturated heterocycles. The van der Waals surface area contributed by atoms with E-state index in [0.717, 1.165) is 40.5 Å². The fourth-order valence-corrected chi connectivity index (χ4v) is 4.02. The zero-order chi connectivity index (χ0) is 17.1. The summed E-state index contributed by atoms with van der Waals surface area (Å²) in [6.07, 6.45) is 0. The largest absolute Gasteiger partial charge is 0.497 e. The van der Waals surface area contributed by atoms with Crippen LogP contribution in [0, 0.1) is 6.92 Å². The van der Waals surface area contributed by atoms with Crippen LogP contribution in [-0.2, 0) is 0 Å². The number of hydrogen-bond donors (Lipinski definition) is 0. The van der Waals surface area contributed by atoms with Crippen molar-refractivity contribution in [2.45, 2.75) is 12.3 Å². The van der Waals surface area contributed by atoms with Crippen molar-refractivity contribution in [3.05, 3.63) is 59.2 Å². The van der Waals surface area contributed by atoms with Crippen LogP contribution in [0.25, 0.3) is 0 Å². The van der Waals surface area contributed by atoms with Crippen molar-refractivity contribution in [3.8, 4) is 11.5 Å². The first-order valence-corrected chi connectivity index (χ1v) is 8.89. The maximum atomic E-state index is 12.9. The quantitative estimate of drug-likeness (QED) is 0.844. The molecule has 1 atom stereocenters. The van der Waals surface area contributed by atoms with Gasteiger partial charge in [0.05, 0.1) is 14.2 Å². The third kappa shape index (κ3) is 3.36. The molecule has 0 bridgehead atoms. The minimum Gasteiger partial charge on any atom is -0.497 e. The second-order valence-corrected chi connectivity index (χ2v) is 6.92. The van der Waals surface area contributed by atoms with Crippen LogP contribution < -0.4 is 9.47 Å². The third-order valence-corrected chi connectivity index (χ3v) is 5.37. The van der Waals surface area contributed by atoms with E-state index in [2.05, 4.69) is 0 Å². The smallest absolute Gasteiger partial charge is 0.255 e. The van der Waals surface area contributed by atoms with E-state index in [-0.39, 0.29) is 11.3 Å². The first-order chi connectivity index (χ1) is 11.6. The number of ether oxygens (including phenoxy) is 2. The van der Waals surface area contributed by atoms with E-state index in [4.69, 9.17) is 9.47 Å². The monoisotopic (exact) mass is 343 g/mol. The molecule has 1 aliphatic rings. The van der Waals surface area contributed by atoms with Gasteiger partial charge in [0.1, 0.15) is 16.9 Å². The molecule has 24 heavy (non-hydrogen) atoms. The Hall–Kier alpha value is -2.14. The minimum absolute atomic E-state index is 0.0252. The van der Waals surface area contributed by atoms with Crippen LogP contribution in [-0.4, -0.2) is 37.3 Å². The molecule has 2 aromatic rings. The van der Waals surface area contributed by atoms with Crippen molar-refractivity contribution in [1.29, 1.82) is 0 Å². The maximum Gasteiger partial charge on any atom is 0.255 e. The highest BCUT2D eigenvalue weighted by Gasteiger charge is 2.31. The van der Waals surface area contributed by atoms with Gasteiger partial charge in [-0.2, -0.15) is 0 Å². The van der Waals surface area contributed by atoms with E-state index < -0.39 is 0 Å². The number of carbonyl (C=O) groups excluding carboxylic acids is 1. The summed E-state index contributed by atoms with van der Waals surface area (Å²) in [4.78, 5) is 14.8. The molecule has 1 heterocycles. The fraction of sp³-hybridized carbons (Fsp3) is 0.316. The van der Waals surface area contributed by atoms with E-state index in [1.807, 2.05) is 54.3 Å². The molecule has 2 aromatic carbocycles. The molecular weight excluding hydrogens is 322 g/mol. The number of nitrogens with zero attached hydrogens (tertiary/aromatic N) is 1. The van der Waals surface area contributed by atoms with Crippen LogP contribution in [0.1, 0.15) is 26.9 Å². The van der Waals surface area contributed by atoms with Crippen molar-refractivity contribution in [3.63, 3.8) is 0 Å². The Kier molecular flexibility index (Phi) is 5.00. The van der Waals surface area contributed by atoms with Crippen LogP contribution in [0.3, 0.4) is 0 Å². The molecule has 3 rings (SSSR count). The molecule has 1 fully saturated rings. The van der Waals surface area contributed by atoms with E-state index in [9.17, 15) is 4.79 Å². The molecule has 0 spiro atoms. The van der Waals surface area contributed by atoms with Crippen LogP contribution >= 0.6 is 11.8 Å². The van der Waals surface area contributed by atoms with Crippen LogP contribution in [0.4, 0.5) is 0 Å². The van der Waals surface area contributed by atoms with Gasteiger partial charge in [0, 0.05) is 23.9 Å². The highest BCUT2D eigenvalue weighted by atomic mass is 32.2. The Morgan fingerprint density at radius 3 is 2.29 bits per heavy atom. The lowest BCUT2D eigenvalue weighted by Crippen LogP contribution is -2.30. The molecule has 0 N–H and O–H groups in total. The lowest BCUT2D eigenvalue weighted by atomic mass is 10.1. The minimum atomic E-state index is -0.0252. The van der Waals surface area contributed by atoms with E-state index in [1.165, 1.54) is 0 Å². The van der Waals surface area contributed by atoms with Gasteiger partial charge in [-0.3, -0.25) is 4.79 Å². The molecule has 1 amide bonds. The zero-order valence-electron chi connectivity index (χ0n) is 14.1. The predicted molar refractivity (Wildman–Crippen MR) is 97.0 cm³/mol. The summed E-state index contributed by atoms with van der Waals surface area (Å²) in [5, 5.41) is -0.0252. The lowest BCUT2D eigenvalue weighted by molar-refractivity contribution is 0.0760. The molecule has 0 aromatic heterocycles. The van der Waals surface area contributed by atoms with Gasteiger partial charge in [0.15, 0.2) is 0 Å². The normalized spacial score (nSPS) is 17.0. The number of benzene rings is 2. The summed E-state index contributed by atoms with van der Waals surface area (Å²) in [6, 6.07) is 13.5. The summed E-state index contributed by atoms with van der Waals surface area (Å²) in [5.74, 6) is 2.45. The second-order valence-electron chi connectivity index (χ2n) is 5.73. The molecular formula is C19H21NO3S. The SMILES string of the molecule is COc1cc(OC)cc([C@H]2SCCN2C(=O)c2ccc(C)cc2)c1. The van der Waals surface area contributed by atoms with Gasteiger partial charge in [-0.25, -0.2) is 0 Å². The van der Waals surface area contributed by atoms with Crippen molar-refractivity contribution in [1.82, 2.24) is 4.90 Å². The summed E-state index contributed by atoms with van der Waals surface area (Å²) < 4.78 is 10.7. The molecule has 0 unspecified atom stereocenters. The fourth-order valence-electron chi connectivity index (χ4n) is 2.79. The number of amides is 1. The van der Waals surface area contributed by atoms with E-state index >= 15 is 0 Å². The summed E-state index contributed by atoms with van der Waals surface area (Å²) in [5.41, 5.74) is 2.90. The van der Waals surface area contributed by atoms with Crippen LogP contribution in [0.2, 0.25) is 0 Å². The summed E-state index contributed by atoms with van der Waals surface area (Å²) in [6.45, 7) is 2.76. The average Bonchev–Trinajstić information content (AvgIpc) is 3.11. The number of aryl methyl sites for hydroxylation is 1. The average molecular weight is 343 g/mol. The van der Waals surface area contributed by atoms with Crippen molar-refractivity contribution in [2.75, 3.05) is 26.5 Å². The summed E-state index contributed by atoms with van der Waals surface area (Å²) in [7, 11) is 3.27. The van der Waals surface area contributed by atoms with Crippen LogP contribution in [0.5, 0.6) is 11.5 Å². The first kappa shape index (κ1) is 16.7. The number of thioether (sulfide) groups is 1. The summed E-state index contributed by atoms with van der Waals surface area (Å²) >= 11 is 1.76. The zero-order valence-corrected chi connectivity index (χ0v) is 14.9. The van der Waals surface area contributed by atoms with Crippen LogP contribution in [0.15, 0.2) is 42.5 Å². The molecule has 0 saturated carbocycles. The second kappa shape index (κ2) is 7.18. The van der Waals surface area contributed by atoms with Gasteiger partial charge in [0.25, 0.3) is 5.91 Å². The molecule has 1 aliphatic heterocycles. The standard InChI is InChI=1S/C19H21NO3S/c1-13-4-6-14(7-5-13)18(21)20-8-9-24-19(20)15-10-16(22-2)12-17(11-15)23-3/h4-7,10-12,19H,8-9H2,1-3H3/t19-/m1/s1. The van der Waals surface area contributed by atoms with Gasteiger partial charge in [-0.15, -0.1) is 11.8 Å². The molecule has 5 heteroatoms. The first-order valence-electron chi connectivity index (χ1n) is 7.84. The van der Waals surface area contributed by atoms with Gasteiger partial charge < -0.3 is 14.4 Å². The number of methoxy groups -OCH3 is 2. The molecule has 126 valence electrons. The molecule has 0 radical (unpaired) electrons. The van der Waals surface area contributed by atoms with Gasteiger partial charge >= 0.3 is 0 Å². The number of carbonyl (C=O) groups is 1. The highest BCUT2D eigenvalue weighted by Crippen LogP contribution is 2.41. The predicted octanol–water partition coefficient (Wildman–Crippen LogP) is 3.90. The Morgan fingerprint density at radius 1 is 1.08 bits per heavy atom. The lowest BCUT2D eigenvalue weighted by Gasteiger charge is -2.25. The Balaban J connectivity index is 1.90. The third-order valence-electron chi connectivity index (χ3n) is 4.11. The molecule has 4 nitrogen and oxygen atoms in total. The molecule has 0 aliphatic carbocycles. The Labute approximate surface area is 146 Å². The van der Waals surface area contributed by atoms with E-state index in [1.54, 1.807) is 26.0 Å². The van der Waals surface area contributed by atoms with Gasteiger partial charge in [-0.1, -0.05) is 17.7 Å². The Bertz CT molecular complexity index is 708. The highest BCUT2D eigenvalue weighted by molar-refractivity contribution is 7.99. The Morgan fingerprint density at radius 2 is 1.71 bits per heavy atom. The number of hydrogen-bond acceptors (Lipinski definition) is 4.